The molecule has 0 aliphatic heterocycles. The van der Waals surface area contributed by atoms with Gasteiger partial charge in [-0.15, -0.1) is 0 Å². The van der Waals surface area contributed by atoms with Gasteiger partial charge in [-0.05, 0) is 69.7 Å². The first-order chi connectivity index (χ1) is 33.9. The Hall–Kier alpha value is -7.43. The smallest absolute Gasteiger partial charge is 0.164 e. The Bertz CT molecular complexity index is 3820. The molecule has 10 aromatic rings. The fourth-order valence-electron chi connectivity index (χ4n) is 6.41. The Morgan fingerprint density at radius 1 is 0.345 bits per heavy atom. The van der Waals surface area contributed by atoms with Gasteiger partial charge in [0.15, 0.2) is 17.5 Å². The zero-order valence-corrected chi connectivity index (χ0v) is 28.7. The van der Waals surface area contributed by atoms with E-state index in [1.807, 2.05) is 84.9 Å². The Morgan fingerprint density at radius 3 is 1.58 bits per heavy atom. The Morgan fingerprint density at radius 2 is 0.855 bits per heavy atom. The van der Waals surface area contributed by atoms with Gasteiger partial charge in [0.2, 0.25) is 0 Å². The molecule has 2 aromatic heterocycles. The van der Waals surface area contributed by atoms with Crippen LogP contribution in [-0.2, 0) is 0 Å². The van der Waals surface area contributed by atoms with Gasteiger partial charge >= 0.3 is 0 Å². The normalized spacial score (nSPS) is 15.3. The van der Waals surface area contributed by atoms with Crippen molar-refractivity contribution in [2.45, 2.75) is 0 Å². The molecular weight excluding hydrogens is 669 g/mol. The van der Waals surface area contributed by atoms with Crippen molar-refractivity contribution in [3.8, 4) is 73.2 Å². The van der Waals surface area contributed by atoms with Crippen LogP contribution in [0.3, 0.4) is 0 Å². The summed E-state index contributed by atoms with van der Waals surface area (Å²) in [5, 5.41) is -0.533. The highest BCUT2D eigenvalue weighted by atomic mass is 15.0. The van der Waals surface area contributed by atoms with E-state index >= 15 is 0 Å². The highest BCUT2D eigenvalue weighted by Crippen LogP contribution is 2.36. The van der Waals surface area contributed by atoms with Crippen molar-refractivity contribution in [2.24, 2.45) is 0 Å². The fourth-order valence-corrected chi connectivity index (χ4v) is 6.41. The van der Waals surface area contributed by atoms with Crippen molar-refractivity contribution in [3.05, 3.63) is 206 Å². The third-order valence-electron chi connectivity index (χ3n) is 9.07. The quantitative estimate of drug-likeness (QED) is 0.165. The van der Waals surface area contributed by atoms with Gasteiger partial charge in [-0.3, -0.25) is 0 Å². The Balaban J connectivity index is 1.20. The van der Waals surface area contributed by atoms with Gasteiger partial charge in [-0.1, -0.05) is 170 Å². The number of para-hydroxylation sites is 1. The van der Waals surface area contributed by atoms with E-state index in [0.717, 1.165) is 15.7 Å². The summed E-state index contributed by atoms with van der Waals surface area (Å²) in [6.45, 7) is 0. The topological polar surface area (TPSA) is 43.6 Å². The van der Waals surface area contributed by atoms with Crippen LogP contribution in [0.4, 0.5) is 0 Å². The van der Waals surface area contributed by atoms with Gasteiger partial charge in [0.1, 0.15) is 0 Å². The first kappa shape index (κ1) is 19.6. The van der Waals surface area contributed by atoms with E-state index in [1.54, 1.807) is 24.3 Å². The Labute approximate surface area is 342 Å². The van der Waals surface area contributed by atoms with Crippen LogP contribution in [0.2, 0.25) is 0 Å². The summed E-state index contributed by atoms with van der Waals surface area (Å²) < 4.78 is 144. The number of hydrogen-bond donors (Lipinski definition) is 0. The van der Waals surface area contributed by atoms with Gasteiger partial charge in [0, 0.05) is 33.2 Å². The van der Waals surface area contributed by atoms with Crippen LogP contribution in [-0.4, -0.2) is 19.5 Å². The number of benzene rings is 8. The summed E-state index contributed by atoms with van der Waals surface area (Å²) in [6, 6.07) is 22.0. The molecule has 10 rings (SSSR count). The summed E-state index contributed by atoms with van der Waals surface area (Å²) in [5.74, 6) is 0.987. The molecule has 0 bridgehead atoms. The summed E-state index contributed by atoms with van der Waals surface area (Å²) in [5.41, 5.74) is 1.40. The average Bonchev–Trinajstić information content (AvgIpc) is 3.75. The third kappa shape index (κ3) is 6.16. The minimum absolute atomic E-state index is 0.110. The average molecular weight is 719 g/mol. The molecule has 2 heterocycles. The van der Waals surface area contributed by atoms with E-state index in [2.05, 4.69) is 0 Å². The molecule has 0 N–H and O–H groups in total. The highest BCUT2D eigenvalue weighted by molar-refractivity contribution is 6.10. The lowest BCUT2D eigenvalue weighted by Gasteiger charge is -2.11. The van der Waals surface area contributed by atoms with Crippen molar-refractivity contribution in [3.63, 3.8) is 0 Å². The molecule has 0 amide bonds. The molecular formula is C51H34N4. The molecule has 0 fully saturated rings. The summed E-state index contributed by atoms with van der Waals surface area (Å²) in [7, 11) is 0. The van der Waals surface area contributed by atoms with E-state index < -0.39 is 119 Å². The summed E-state index contributed by atoms with van der Waals surface area (Å²) in [4.78, 5) is 14.6. The predicted molar refractivity (Wildman–Crippen MR) is 227 cm³/mol. The van der Waals surface area contributed by atoms with Crippen LogP contribution in [0.15, 0.2) is 206 Å². The van der Waals surface area contributed by atoms with Crippen molar-refractivity contribution in [1.82, 2.24) is 19.5 Å². The molecule has 0 saturated heterocycles. The fraction of sp³-hybridized carbons (Fsp3) is 0. The van der Waals surface area contributed by atoms with Crippen molar-refractivity contribution in [1.29, 1.82) is 0 Å². The largest absolute Gasteiger partial charge is 0.309 e. The number of hydrogen-bond acceptors (Lipinski definition) is 3. The molecule has 0 unspecified atom stereocenters. The van der Waals surface area contributed by atoms with Crippen LogP contribution in [0, 0.1) is 0 Å². The molecule has 4 nitrogen and oxygen atoms in total. The number of rotatable bonds is 7. The van der Waals surface area contributed by atoms with Crippen molar-refractivity contribution >= 4 is 21.8 Å². The lowest BCUT2D eigenvalue weighted by Crippen LogP contribution is -2.00. The van der Waals surface area contributed by atoms with Crippen molar-refractivity contribution < 1.29 is 21.9 Å². The highest BCUT2D eigenvalue weighted by Gasteiger charge is 2.16. The van der Waals surface area contributed by atoms with Gasteiger partial charge in [-0.2, -0.15) is 0 Å². The van der Waals surface area contributed by atoms with Crippen molar-refractivity contribution in [2.75, 3.05) is 0 Å². The maximum absolute atomic E-state index is 9.78. The first-order valence-electron chi connectivity index (χ1n) is 25.2. The minimum atomic E-state index is -0.855. The summed E-state index contributed by atoms with van der Waals surface area (Å²) in [6.07, 6.45) is 0. The van der Waals surface area contributed by atoms with Crippen LogP contribution in [0.5, 0.6) is 0 Å². The van der Waals surface area contributed by atoms with E-state index in [1.165, 1.54) is 0 Å². The molecule has 0 saturated carbocycles. The van der Waals surface area contributed by atoms with Gasteiger partial charge < -0.3 is 4.57 Å². The maximum atomic E-state index is 9.78. The van der Waals surface area contributed by atoms with Crippen LogP contribution in [0.25, 0.3) is 95.0 Å². The first-order valence-corrected chi connectivity index (χ1v) is 17.2. The lowest BCUT2D eigenvalue weighted by atomic mass is 10.0. The molecule has 0 spiro atoms. The number of aromatic nitrogens is 4. The second kappa shape index (κ2) is 13.8. The van der Waals surface area contributed by atoms with Crippen LogP contribution >= 0.6 is 0 Å². The molecule has 258 valence electrons. The monoisotopic (exact) mass is 718 g/mol. The van der Waals surface area contributed by atoms with Gasteiger partial charge in [-0.25, -0.2) is 15.0 Å². The molecule has 0 atom stereocenters. The molecule has 0 aliphatic rings. The van der Waals surface area contributed by atoms with E-state index in [9.17, 15) is 6.85 Å². The standard InChI is InChI=1S/C51H34N4/c1-4-13-35(14-5-1)37-23-25-40(26-24-37)50-52-49(39-17-8-3-9-18-39)53-51(54-50)43-20-12-19-41(33-43)42-29-32-48-46(34-42)45-21-10-11-22-47(45)55(48)44-30-27-38(28-31-44)36-15-6-2-7-16-36/h1-34H/i2D,6D,7D,10D,11D,15D,16D,21D,22D,27D,28D,29D,30D,31D,32D,34D. The molecule has 4 heteroatoms. The van der Waals surface area contributed by atoms with Gasteiger partial charge in [0.25, 0.3) is 0 Å². The van der Waals surface area contributed by atoms with Crippen LogP contribution in [0.1, 0.15) is 21.9 Å². The second-order valence-electron chi connectivity index (χ2n) is 12.5. The minimum Gasteiger partial charge on any atom is -0.309 e. The van der Waals surface area contributed by atoms with Gasteiger partial charge in [0.05, 0.1) is 33.0 Å². The SMILES string of the molecule is [2H]c1c([2H])c([2H])c(-c2c([2H])c([2H])c(-n3c4c([2H])c([2H])c([2H])c([2H])c4c4c([2H])c(-c5cccc(-c6nc(-c7ccccc7)nc(-c7ccc(-c8ccccc8)cc7)n6)c5)c([2H])c([2H])c43)c([2H])c2[2H])c([2H])c1[2H]. The second-order valence-corrected chi connectivity index (χ2v) is 12.5. The maximum Gasteiger partial charge on any atom is 0.164 e. The lowest BCUT2D eigenvalue weighted by molar-refractivity contribution is 1.07. The molecule has 0 radical (unpaired) electrons. The zero-order chi connectivity index (χ0) is 50.5. The Kier molecular flexibility index (Phi) is 4.93. The zero-order valence-electron chi connectivity index (χ0n) is 44.7. The molecule has 0 aliphatic carbocycles. The third-order valence-corrected chi connectivity index (χ3v) is 9.07. The summed E-state index contributed by atoms with van der Waals surface area (Å²) >= 11 is 0. The predicted octanol–water partition coefficient (Wildman–Crippen LogP) is 13.0. The number of fused-ring (bicyclic) bond motifs is 3. The van der Waals surface area contributed by atoms with E-state index in [4.69, 9.17) is 30.0 Å². The van der Waals surface area contributed by atoms with Crippen LogP contribution < -0.4 is 0 Å². The molecule has 8 aromatic carbocycles. The van der Waals surface area contributed by atoms with E-state index in [0.29, 0.717) is 28.3 Å². The number of nitrogens with zero attached hydrogens (tertiary/aromatic N) is 4. The molecule has 55 heavy (non-hydrogen) atoms. The van der Waals surface area contributed by atoms with E-state index in [-0.39, 0.29) is 33.2 Å².